The van der Waals surface area contributed by atoms with E-state index in [-0.39, 0.29) is 11.8 Å². The summed E-state index contributed by atoms with van der Waals surface area (Å²) in [4.78, 5) is 27.1. The third kappa shape index (κ3) is 4.62. The minimum absolute atomic E-state index is 0.00963. The molecule has 7 nitrogen and oxygen atoms in total. The van der Waals surface area contributed by atoms with Crippen molar-refractivity contribution >= 4 is 11.8 Å². The van der Waals surface area contributed by atoms with Crippen molar-refractivity contribution in [1.29, 1.82) is 0 Å². The molecule has 156 valence electrons. The topological polar surface area (TPSA) is 80.4 Å². The van der Waals surface area contributed by atoms with Crippen LogP contribution < -0.4 is 5.32 Å². The van der Waals surface area contributed by atoms with Gasteiger partial charge in [-0.15, -0.1) is 0 Å². The van der Waals surface area contributed by atoms with Crippen molar-refractivity contribution in [3.63, 3.8) is 0 Å². The van der Waals surface area contributed by atoms with E-state index in [1.165, 1.54) is 0 Å². The molecule has 0 aliphatic carbocycles. The lowest BCUT2D eigenvalue weighted by molar-refractivity contribution is -0.122. The van der Waals surface area contributed by atoms with Crippen LogP contribution in [0.4, 0.5) is 0 Å². The van der Waals surface area contributed by atoms with Crippen LogP contribution >= 0.6 is 0 Å². The highest BCUT2D eigenvalue weighted by Crippen LogP contribution is 2.23. The summed E-state index contributed by atoms with van der Waals surface area (Å²) in [5, 5.41) is 7.39. The molecule has 0 unspecified atom stereocenters. The molecule has 1 fully saturated rings. The predicted octanol–water partition coefficient (Wildman–Crippen LogP) is 3.33. The molecule has 1 aromatic carbocycles. The van der Waals surface area contributed by atoms with E-state index in [4.69, 9.17) is 4.42 Å². The number of piperidine rings is 1. The van der Waals surface area contributed by atoms with E-state index < -0.39 is 0 Å². The number of carbonyl (C=O) groups excluding carboxylic acids is 2. The number of benzene rings is 1. The van der Waals surface area contributed by atoms with Gasteiger partial charge in [-0.3, -0.25) is 9.59 Å². The number of hydrogen-bond acceptors (Lipinski definition) is 4. The molecule has 0 saturated carbocycles. The van der Waals surface area contributed by atoms with Crippen molar-refractivity contribution in [2.75, 3.05) is 13.1 Å². The van der Waals surface area contributed by atoms with Crippen LogP contribution in [-0.2, 0) is 11.3 Å². The van der Waals surface area contributed by atoms with Gasteiger partial charge in [0.25, 0.3) is 5.91 Å². The van der Waals surface area contributed by atoms with Gasteiger partial charge >= 0.3 is 0 Å². The number of nitrogens with zero attached hydrogens (tertiary/aromatic N) is 3. The first-order chi connectivity index (χ1) is 14.6. The Kier molecular flexibility index (Phi) is 5.97. The Hall–Kier alpha value is -3.35. The average molecular weight is 406 g/mol. The minimum atomic E-state index is 0.00963. The van der Waals surface area contributed by atoms with E-state index in [1.54, 1.807) is 23.2 Å². The Morgan fingerprint density at radius 1 is 1.13 bits per heavy atom. The zero-order valence-corrected chi connectivity index (χ0v) is 17.1. The van der Waals surface area contributed by atoms with Gasteiger partial charge in [0.15, 0.2) is 0 Å². The molecule has 2 aromatic heterocycles. The molecule has 1 aliphatic rings. The molecule has 30 heavy (non-hydrogen) atoms. The van der Waals surface area contributed by atoms with Crippen molar-refractivity contribution < 1.29 is 14.0 Å². The fraction of sp³-hybridized carbons (Fsp3) is 0.348. The van der Waals surface area contributed by atoms with E-state index in [9.17, 15) is 9.59 Å². The fourth-order valence-electron chi connectivity index (χ4n) is 3.83. The van der Waals surface area contributed by atoms with Crippen LogP contribution in [0, 0.1) is 12.8 Å². The first-order valence-electron chi connectivity index (χ1n) is 10.3. The van der Waals surface area contributed by atoms with Crippen molar-refractivity contribution in [3.05, 3.63) is 71.9 Å². The summed E-state index contributed by atoms with van der Waals surface area (Å²) in [5.74, 6) is 1.07. The molecular weight excluding hydrogens is 380 g/mol. The number of furan rings is 1. The Morgan fingerprint density at radius 3 is 2.60 bits per heavy atom. The molecular formula is C23H26N4O3. The van der Waals surface area contributed by atoms with Crippen LogP contribution in [0.2, 0.25) is 0 Å². The average Bonchev–Trinajstić information content (AvgIpc) is 3.43. The smallest absolute Gasteiger partial charge is 0.257 e. The number of carbonyl (C=O) groups is 2. The normalized spacial score (nSPS) is 14.6. The lowest BCUT2D eigenvalue weighted by atomic mass is 9.93. The number of aryl methyl sites for hydroxylation is 1. The monoisotopic (exact) mass is 406 g/mol. The standard InChI is InChI=1S/C23H26N4O3/c1-17-21(16-27(25-17)19-6-3-2-4-7-19)23(29)26-11-9-18(10-12-26)14-22(28)24-15-20-8-5-13-30-20/h2-8,13,16,18H,9-12,14-15H2,1H3,(H,24,28). The predicted molar refractivity (Wildman–Crippen MR) is 112 cm³/mol. The highest BCUT2D eigenvalue weighted by Gasteiger charge is 2.27. The van der Waals surface area contributed by atoms with Gasteiger partial charge in [0, 0.05) is 25.7 Å². The first kappa shape index (κ1) is 19.9. The van der Waals surface area contributed by atoms with Crippen LogP contribution in [0.5, 0.6) is 0 Å². The van der Waals surface area contributed by atoms with Crippen LogP contribution in [0.3, 0.4) is 0 Å². The maximum Gasteiger partial charge on any atom is 0.257 e. The fourth-order valence-corrected chi connectivity index (χ4v) is 3.83. The van der Waals surface area contributed by atoms with Gasteiger partial charge in [0.05, 0.1) is 29.8 Å². The van der Waals surface area contributed by atoms with Gasteiger partial charge < -0.3 is 14.6 Å². The van der Waals surface area contributed by atoms with E-state index >= 15 is 0 Å². The van der Waals surface area contributed by atoms with Crippen molar-refractivity contribution in [1.82, 2.24) is 20.0 Å². The number of nitrogens with one attached hydrogen (secondary N) is 1. The maximum absolute atomic E-state index is 13.0. The van der Waals surface area contributed by atoms with Crippen LogP contribution in [-0.4, -0.2) is 39.6 Å². The highest BCUT2D eigenvalue weighted by atomic mass is 16.3. The van der Waals surface area contributed by atoms with E-state index in [2.05, 4.69) is 10.4 Å². The molecule has 3 aromatic rings. The van der Waals surface area contributed by atoms with Gasteiger partial charge in [-0.2, -0.15) is 5.10 Å². The summed E-state index contributed by atoms with van der Waals surface area (Å²) < 4.78 is 6.98. The summed E-state index contributed by atoms with van der Waals surface area (Å²) in [6, 6.07) is 13.4. The molecule has 3 heterocycles. The lowest BCUT2D eigenvalue weighted by Gasteiger charge is -2.31. The summed E-state index contributed by atoms with van der Waals surface area (Å²) in [5.41, 5.74) is 2.29. The van der Waals surface area contributed by atoms with Crippen LogP contribution in [0.15, 0.2) is 59.3 Å². The second-order valence-corrected chi connectivity index (χ2v) is 7.70. The first-order valence-corrected chi connectivity index (χ1v) is 10.3. The second kappa shape index (κ2) is 8.98. The number of amides is 2. The number of rotatable bonds is 6. The van der Waals surface area contributed by atoms with Gasteiger partial charge in [-0.1, -0.05) is 18.2 Å². The Balaban J connectivity index is 1.29. The molecule has 0 radical (unpaired) electrons. The largest absolute Gasteiger partial charge is 0.467 e. The molecule has 0 atom stereocenters. The van der Waals surface area contributed by atoms with Gasteiger partial charge in [-0.25, -0.2) is 4.68 Å². The molecule has 4 rings (SSSR count). The summed E-state index contributed by atoms with van der Waals surface area (Å²) >= 11 is 0. The zero-order chi connectivity index (χ0) is 20.9. The SMILES string of the molecule is Cc1nn(-c2ccccc2)cc1C(=O)N1CCC(CC(=O)NCc2ccco2)CC1. The lowest BCUT2D eigenvalue weighted by Crippen LogP contribution is -2.39. The van der Waals surface area contributed by atoms with E-state index in [0.29, 0.717) is 37.5 Å². The van der Waals surface area contributed by atoms with Crippen molar-refractivity contribution in [3.8, 4) is 5.69 Å². The number of aromatic nitrogens is 2. The summed E-state index contributed by atoms with van der Waals surface area (Å²) in [6.07, 6.45) is 5.53. The molecule has 1 N–H and O–H groups in total. The molecule has 1 aliphatic heterocycles. The Labute approximate surface area is 175 Å². The molecule has 0 bridgehead atoms. The van der Waals surface area contributed by atoms with Gasteiger partial charge in [0.2, 0.25) is 5.91 Å². The van der Waals surface area contributed by atoms with Gasteiger partial charge in [0.1, 0.15) is 5.76 Å². The number of likely N-dealkylation sites (tertiary alicyclic amines) is 1. The third-order valence-electron chi connectivity index (χ3n) is 5.57. The Bertz CT molecular complexity index is 987. The zero-order valence-electron chi connectivity index (χ0n) is 17.1. The Morgan fingerprint density at radius 2 is 1.90 bits per heavy atom. The highest BCUT2D eigenvalue weighted by molar-refractivity contribution is 5.95. The summed E-state index contributed by atoms with van der Waals surface area (Å²) in [7, 11) is 0. The van der Waals surface area contributed by atoms with E-state index in [0.717, 1.165) is 30.0 Å². The minimum Gasteiger partial charge on any atom is -0.467 e. The second-order valence-electron chi connectivity index (χ2n) is 7.70. The molecule has 0 spiro atoms. The third-order valence-corrected chi connectivity index (χ3v) is 5.57. The molecule has 1 saturated heterocycles. The number of hydrogen-bond donors (Lipinski definition) is 1. The van der Waals surface area contributed by atoms with Crippen molar-refractivity contribution in [2.45, 2.75) is 32.7 Å². The van der Waals surface area contributed by atoms with Crippen LogP contribution in [0.25, 0.3) is 5.69 Å². The molecule has 2 amide bonds. The van der Waals surface area contributed by atoms with Gasteiger partial charge in [-0.05, 0) is 49.9 Å². The van der Waals surface area contributed by atoms with E-state index in [1.807, 2.05) is 48.2 Å². The summed E-state index contributed by atoms with van der Waals surface area (Å²) in [6.45, 7) is 3.59. The maximum atomic E-state index is 13.0. The molecule has 7 heteroatoms. The van der Waals surface area contributed by atoms with Crippen LogP contribution in [0.1, 0.15) is 41.1 Å². The van der Waals surface area contributed by atoms with Crippen molar-refractivity contribution in [2.24, 2.45) is 5.92 Å². The number of para-hydroxylation sites is 1. The quantitative estimate of drug-likeness (QED) is 0.681.